The number of nitrogens with one attached hydrogen (secondary N) is 1. The number of hydrogen-bond donors (Lipinski definition) is 2. The van der Waals surface area contributed by atoms with Gasteiger partial charge >= 0.3 is 0 Å². The summed E-state index contributed by atoms with van der Waals surface area (Å²) in [5.41, 5.74) is 1.16. The maximum Gasteiger partial charge on any atom is 0.143 e. The topological polar surface area (TPSA) is 36.0 Å². The number of halogens is 2. The second-order valence-electron chi connectivity index (χ2n) is 2.78. The number of benzene rings is 1. The van der Waals surface area contributed by atoms with Crippen molar-refractivity contribution in [1.82, 2.24) is 4.98 Å². The fraction of sp³-hybridized carbons (Fsp3) is 0.111. The predicted molar refractivity (Wildman–Crippen MR) is 49.2 cm³/mol. The van der Waals surface area contributed by atoms with E-state index in [1.165, 1.54) is 6.07 Å². The molecule has 13 heavy (non-hydrogen) atoms. The molecule has 0 aliphatic carbocycles. The lowest BCUT2D eigenvalue weighted by molar-refractivity contribution is 0.278. The Labute approximate surface area is 79.0 Å². The summed E-state index contributed by atoms with van der Waals surface area (Å²) in [6.07, 6.45) is 0. The van der Waals surface area contributed by atoms with Crippen LogP contribution in [-0.2, 0) is 6.61 Å². The molecule has 0 bridgehead atoms. The lowest BCUT2D eigenvalue weighted by atomic mass is 10.2. The minimum Gasteiger partial charge on any atom is -0.390 e. The van der Waals surface area contributed by atoms with Crippen molar-refractivity contribution in [3.8, 4) is 0 Å². The molecule has 0 unspecified atom stereocenters. The second kappa shape index (κ2) is 3.01. The number of fused-ring (bicyclic) bond motifs is 1. The van der Waals surface area contributed by atoms with Gasteiger partial charge in [0, 0.05) is 11.1 Å². The fourth-order valence-corrected chi connectivity index (χ4v) is 1.50. The Kier molecular flexibility index (Phi) is 1.98. The molecule has 1 aromatic heterocycles. The average Bonchev–Trinajstić information content (AvgIpc) is 2.55. The molecular weight excluding hydrogens is 193 g/mol. The highest BCUT2D eigenvalue weighted by Gasteiger charge is 2.07. The second-order valence-corrected chi connectivity index (χ2v) is 3.16. The largest absolute Gasteiger partial charge is 0.390 e. The number of aromatic nitrogens is 1. The molecular formula is C9H7ClFNO. The van der Waals surface area contributed by atoms with Crippen molar-refractivity contribution in [1.29, 1.82) is 0 Å². The molecule has 1 aromatic carbocycles. The normalized spacial score (nSPS) is 11.0. The van der Waals surface area contributed by atoms with Gasteiger partial charge in [0.15, 0.2) is 0 Å². The Bertz CT molecular complexity index is 452. The lowest BCUT2D eigenvalue weighted by Crippen LogP contribution is -1.81. The molecule has 68 valence electrons. The van der Waals surface area contributed by atoms with Gasteiger partial charge in [-0.2, -0.15) is 0 Å². The van der Waals surface area contributed by atoms with Gasteiger partial charge in [-0.1, -0.05) is 11.6 Å². The molecule has 2 aromatic rings. The van der Waals surface area contributed by atoms with Crippen molar-refractivity contribution in [3.05, 3.63) is 34.7 Å². The van der Waals surface area contributed by atoms with Crippen LogP contribution in [0.15, 0.2) is 18.2 Å². The third kappa shape index (κ3) is 1.30. The van der Waals surface area contributed by atoms with Crippen LogP contribution in [0.4, 0.5) is 4.39 Å². The minimum atomic E-state index is -0.458. The van der Waals surface area contributed by atoms with Crippen molar-refractivity contribution in [2.75, 3.05) is 0 Å². The van der Waals surface area contributed by atoms with Crippen LogP contribution in [0.25, 0.3) is 10.9 Å². The highest BCUT2D eigenvalue weighted by molar-refractivity contribution is 6.35. The molecule has 0 atom stereocenters. The van der Waals surface area contributed by atoms with E-state index in [-0.39, 0.29) is 11.6 Å². The quantitative estimate of drug-likeness (QED) is 0.727. The van der Waals surface area contributed by atoms with Gasteiger partial charge in [0.05, 0.1) is 12.1 Å². The summed E-state index contributed by atoms with van der Waals surface area (Å²) < 4.78 is 12.9. The first kappa shape index (κ1) is 8.53. The zero-order valence-electron chi connectivity index (χ0n) is 6.64. The van der Waals surface area contributed by atoms with E-state index in [1.807, 2.05) is 0 Å². The van der Waals surface area contributed by atoms with Gasteiger partial charge in [-0.05, 0) is 18.2 Å². The molecule has 2 N–H and O–H groups in total. The minimum absolute atomic E-state index is 0.0669. The highest BCUT2D eigenvalue weighted by atomic mass is 35.5. The van der Waals surface area contributed by atoms with Gasteiger partial charge in [0.25, 0.3) is 0 Å². The predicted octanol–water partition coefficient (Wildman–Crippen LogP) is 2.45. The summed E-state index contributed by atoms with van der Waals surface area (Å²) in [6.45, 7) is -0.105. The lowest BCUT2D eigenvalue weighted by Gasteiger charge is -1.94. The molecule has 1 heterocycles. The van der Waals surface area contributed by atoms with E-state index in [0.717, 1.165) is 5.39 Å². The first-order valence-electron chi connectivity index (χ1n) is 3.79. The van der Waals surface area contributed by atoms with Crippen LogP contribution in [-0.4, -0.2) is 10.1 Å². The summed E-state index contributed by atoms with van der Waals surface area (Å²) in [7, 11) is 0. The Morgan fingerprint density at radius 2 is 2.23 bits per heavy atom. The number of hydrogen-bond acceptors (Lipinski definition) is 1. The molecule has 0 saturated carbocycles. The molecule has 0 saturated heterocycles. The monoisotopic (exact) mass is 199 g/mol. The molecule has 0 aliphatic rings. The summed E-state index contributed by atoms with van der Waals surface area (Å²) in [5, 5.41) is 9.70. The molecule has 0 radical (unpaired) electrons. The smallest absolute Gasteiger partial charge is 0.143 e. The summed E-state index contributed by atoms with van der Waals surface area (Å²) in [5.74, 6) is -0.458. The molecule has 0 spiro atoms. The number of H-pyrrole nitrogens is 1. The molecule has 2 nitrogen and oxygen atoms in total. The maximum absolute atomic E-state index is 12.9. The van der Waals surface area contributed by atoms with Crippen molar-refractivity contribution in [2.45, 2.75) is 6.61 Å². The van der Waals surface area contributed by atoms with Crippen molar-refractivity contribution in [3.63, 3.8) is 0 Å². The Balaban J connectivity index is 2.76. The summed E-state index contributed by atoms with van der Waals surface area (Å²) in [6, 6.07) is 4.66. The zero-order valence-corrected chi connectivity index (χ0v) is 7.40. The van der Waals surface area contributed by atoms with Crippen LogP contribution in [0.1, 0.15) is 5.69 Å². The Morgan fingerprint density at radius 1 is 1.46 bits per heavy atom. The van der Waals surface area contributed by atoms with Crippen molar-refractivity contribution in [2.24, 2.45) is 0 Å². The highest BCUT2D eigenvalue weighted by Crippen LogP contribution is 2.26. The Hall–Kier alpha value is -1.06. The van der Waals surface area contributed by atoms with Crippen LogP contribution < -0.4 is 0 Å². The molecule has 0 amide bonds. The van der Waals surface area contributed by atoms with Crippen LogP contribution in [0.2, 0.25) is 5.02 Å². The SMILES string of the molecule is OCc1cc2ccc(F)c(Cl)c2[nH]1. The van der Waals surface area contributed by atoms with Crippen LogP contribution in [0, 0.1) is 5.82 Å². The number of aliphatic hydroxyl groups is 1. The van der Waals surface area contributed by atoms with Gasteiger partial charge in [-0.25, -0.2) is 4.39 Å². The number of rotatable bonds is 1. The summed E-state index contributed by atoms with van der Waals surface area (Å²) >= 11 is 5.71. The number of aliphatic hydroxyl groups excluding tert-OH is 1. The third-order valence-electron chi connectivity index (χ3n) is 1.91. The first-order chi connectivity index (χ1) is 6.22. The van der Waals surface area contributed by atoms with E-state index < -0.39 is 5.82 Å². The van der Waals surface area contributed by atoms with E-state index in [0.29, 0.717) is 11.2 Å². The number of aromatic amines is 1. The Morgan fingerprint density at radius 3 is 2.92 bits per heavy atom. The van der Waals surface area contributed by atoms with Gasteiger partial charge in [0.2, 0.25) is 0 Å². The van der Waals surface area contributed by atoms with Gasteiger partial charge in [-0.15, -0.1) is 0 Å². The standard InChI is InChI=1S/C9H7ClFNO/c10-8-7(11)2-1-5-3-6(4-13)12-9(5)8/h1-3,12-13H,4H2. The van der Waals surface area contributed by atoms with Gasteiger partial charge < -0.3 is 10.1 Å². The van der Waals surface area contributed by atoms with E-state index in [4.69, 9.17) is 16.7 Å². The van der Waals surface area contributed by atoms with E-state index in [1.54, 1.807) is 12.1 Å². The molecule has 4 heteroatoms. The van der Waals surface area contributed by atoms with Gasteiger partial charge in [0.1, 0.15) is 10.8 Å². The van der Waals surface area contributed by atoms with E-state index >= 15 is 0 Å². The first-order valence-corrected chi connectivity index (χ1v) is 4.16. The van der Waals surface area contributed by atoms with Crippen molar-refractivity contribution >= 4 is 22.5 Å². The molecule has 0 aliphatic heterocycles. The van der Waals surface area contributed by atoms with Crippen LogP contribution >= 0.6 is 11.6 Å². The summed E-state index contributed by atoms with van der Waals surface area (Å²) in [4.78, 5) is 2.83. The zero-order chi connectivity index (χ0) is 9.42. The molecule has 0 fully saturated rings. The molecule has 2 rings (SSSR count). The van der Waals surface area contributed by atoms with Crippen molar-refractivity contribution < 1.29 is 9.50 Å². The van der Waals surface area contributed by atoms with Crippen LogP contribution in [0.3, 0.4) is 0 Å². The third-order valence-corrected chi connectivity index (χ3v) is 2.28. The van der Waals surface area contributed by atoms with E-state index in [9.17, 15) is 4.39 Å². The maximum atomic E-state index is 12.9. The average molecular weight is 200 g/mol. The van der Waals surface area contributed by atoms with Gasteiger partial charge in [-0.3, -0.25) is 0 Å². The van der Waals surface area contributed by atoms with Crippen LogP contribution in [0.5, 0.6) is 0 Å². The van der Waals surface area contributed by atoms with E-state index in [2.05, 4.69) is 4.98 Å². The fourth-order valence-electron chi connectivity index (χ4n) is 1.28.